The van der Waals surface area contributed by atoms with E-state index in [-0.39, 0.29) is 16.8 Å². The summed E-state index contributed by atoms with van der Waals surface area (Å²) >= 11 is 5.11. The normalized spacial score (nSPS) is 10.0. The van der Waals surface area contributed by atoms with Gasteiger partial charge in [0.25, 0.3) is 5.91 Å². The minimum Gasteiger partial charge on any atom is -0.332 e. The van der Waals surface area contributed by atoms with Crippen LogP contribution in [0.15, 0.2) is 42.5 Å². The molecule has 0 fully saturated rings. The maximum Gasteiger partial charge on any atom is 0.257 e. The quantitative estimate of drug-likeness (QED) is 0.833. The zero-order valence-corrected chi connectivity index (χ0v) is 12.6. The number of benzene rings is 2. The van der Waals surface area contributed by atoms with E-state index < -0.39 is 0 Å². The molecule has 21 heavy (non-hydrogen) atoms. The molecule has 2 aromatic rings. The van der Waals surface area contributed by atoms with Crippen LogP contribution in [0.5, 0.6) is 0 Å². The summed E-state index contributed by atoms with van der Waals surface area (Å²) in [4.78, 5) is 11.9. The number of aryl methyl sites for hydroxylation is 2. The molecule has 0 radical (unpaired) electrons. The van der Waals surface area contributed by atoms with Crippen molar-refractivity contribution in [3.8, 4) is 0 Å². The number of carbonyl (C=O) groups is 1. The number of amides is 1. The number of hydrogen-bond donors (Lipinski definition) is 2. The number of halogens is 1. The van der Waals surface area contributed by atoms with Crippen LogP contribution >= 0.6 is 12.2 Å². The first-order chi connectivity index (χ1) is 9.95. The van der Waals surface area contributed by atoms with Crippen LogP contribution < -0.4 is 10.6 Å². The number of hydrogen-bond acceptors (Lipinski definition) is 2. The van der Waals surface area contributed by atoms with Gasteiger partial charge in [-0.3, -0.25) is 10.1 Å². The predicted octanol–water partition coefficient (Wildman–Crippen LogP) is 3.57. The molecule has 2 rings (SSSR count). The second kappa shape index (κ2) is 6.45. The first kappa shape index (κ1) is 15.1. The number of rotatable bonds is 2. The van der Waals surface area contributed by atoms with E-state index in [1.54, 1.807) is 0 Å². The van der Waals surface area contributed by atoms with Crippen molar-refractivity contribution in [2.24, 2.45) is 0 Å². The van der Waals surface area contributed by atoms with E-state index in [1.165, 1.54) is 24.3 Å². The van der Waals surface area contributed by atoms with E-state index in [0.717, 1.165) is 16.8 Å². The van der Waals surface area contributed by atoms with E-state index in [0.29, 0.717) is 5.56 Å². The zero-order valence-electron chi connectivity index (χ0n) is 11.7. The fourth-order valence-corrected chi connectivity index (χ4v) is 2.09. The maximum absolute atomic E-state index is 12.8. The molecule has 5 heteroatoms. The Hall–Kier alpha value is -2.27. The molecular weight excluding hydrogens is 287 g/mol. The van der Waals surface area contributed by atoms with Crippen molar-refractivity contribution in [2.45, 2.75) is 13.8 Å². The molecule has 0 spiro atoms. The Kier molecular flexibility index (Phi) is 4.65. The molecule has 0 unspecified atom stereocenters. The molecule has 108 valence electrons. The highest BCUT2D eigenvalue weighted by molar-refractivity contribution is 7.80. The predicted molar refractivity (Wildman–Crippen MR) is 86.0 cm³/mol. The highest BCUT2D eigenvalue weighted by Crippen LogP contribution is 2.15. The van der Waals surface area contributed by atoms with E-state index in [1.807, 2.05) is 32.0 Å². The SMILES string of the molecule is Cc1ccc(NC(=S)NC(=O)c2ccc(F)cc2)c(C)c1. The Bertz CT molecular complexity index is 683. The summed E-state index contributed by atoms with van der Waals surface area (Å²) in [7, 11) is 0. The van der Waals surface area contributed by atoms with Gasteiger partial charge in [-0.2, -0.15) is 0 Å². The highest BCUT2D eigenvalue weighted by Gasteiger charge is 2.08. The van der Waals surface area contributed by atoms with Gasteiger partial charge in [0.1, 0.15) is 5.82 Å². The van der Waals surface area contributed by atoms with E-state index in [4.69, 9.17) is 12.2 Å². The van der Waals surface area contributed by atoms with Crippen molar-refractivity contribution in [2.75, 3.05) is 5.32 Å². The molecule has 0 aliphatic rings. The molecule has 0 aliphatic heterocycles. The molecule has 2 aromatic carbocycles. The average Bonchev–Trinajstić information content (AvgIpc) is 2.42. The van der Waals surface area contributed by atoms with Crippen LogP contribution in [0.3, 0.4) is 0 Å². The first-order valence-corrected chi connectivity index (χ1v) is 6.81. The van der Waals surface area contributed by atoms with Crippen molar-refractivity contribution in [3.63, 3.8) is 0 Å². The third-order valence-corrected chi connectivity index (χ3v) is 3.17. The average molecular weight is 302 g/mol. The van der Waals surface area contributed by atoms with Gasteiger partial charge in [0.2, 0.25) is 0 Å². The van der Waals surface area contributed by atoms with Crippen LogP contribution in [0.25, 0.3) is 0 Å². The second-order valence-corrected chi connectivity index (χ2v) is 5.14. The van der Waals surface area contributed by atoms with Gasteiger partial charge in [0, 0.05) is 11.3 Å². The van der Waals surface area contributed by atoms with Crippen LogP contribution in [0, 0.1) is 19.7 Å². The van der Waals surface area contributed by atoms with Crippen molar-refractivity contribution in [3.05, 3.63) is 65.0 Å². The lowest BCUT2D eigenvalue weighted by Gasteiger charge is -2.12. The highest BCUT2D eigenvalue weighted by atomic mass is 32.1. The van der Waals surface area contributed by atoms with Crippen molar-refractivity contribution in [1.29, 1.82) is 0 Å². The largest absolute Gasteiger partial charge is 0.332 e. The second-order valence-electron chi connectivity index (χ2n) is 4.73. The van der Waals surface area contributed by atoms with Crippen LogP contribution in [-0.4, -0.2) is 11.0 Å². The summed E-state index contributed by atoms with van der Waals surface area (Å²) in [6.45, 7) is 3.96. The van der Waals surface area contributed by atoms with Gasteiger partial charge in [-0.05, 0) is 62.0 Å². The molecule has 3 nitrogen and oxygen atoms in total. The number of carbonyl (C=O) groups excluding carboxylic acids is 1. The van der Waals surface area contributed by atoms with Crippen molar-refractivity contribution >= 4 is 28.9 Å². The molecule has 2 N–H and O–H groups in total. The molecule has 0 saturated carbocycles. The Labute approximate surface area is 128 Å². The summed E-state index contributed by atoms with van der Waals surface area (Å²) < 4.78 is 12.8. The number of nitrogens with one attached hydrogen (secondary N) is 2. The van der Waals surface area contributed by atoms with Gasteiger partial charge in [-0.1, -0.05) is 17.7 Å². The Morgan fingerprint density at radius 1 is 1.10 bits per heavy atom. The molecule has 0 saturated heterocycles. The van der Waals surface area contributed by atoms with Gasteiger partial charge < -0.3 is 5.32 Å². The lowest BCUT2D eigenvalue weighted by molar-refractivity contribution is 0.0977. The van der Waals surface area contributed by atoms with E-state index in [9.17, 15) is 9.18 Å². The Morgan fingerprint density at radius 3 is 2.38 bits per heavy atom. The molecule has 0 atom stereocenters. The molecule has 0 heterocycles. The lowest BCUT2D eigenvalue weighted by atomic mass is 10.1. The summed E-state index contributed by atoms with van der Waals surface area (Å²) in [5.74, 6) is -0.764. The Balaban J connectivity index is 2.01. The first-order valence-electron chi connectivity index (χ1n) is 6.41. The minimum atomic E-state index is -0.387. The zero-order chi connectivity index (χ0) is 15.4. The number of thiocarbonyl (C=S) groups is 1. The number of anilines is 1. The summed E-state index contributed by atoms with van der Waals surface area (Å²) in [5.41, 5.74) is 3.37. The van der Waals surface area contributed by atoms with E-state index >= 15 is 0 Å². The topological polar surface area (TPSA) is 41.1 Å². The summed E-state index contributed by atoms with van der Waals surface area (Å²) in [5, 5.41) is 5.74. The van der Waals surface area contributed by atoms with Crippen LogP contribution in [0.4, 0.5) is 10.1 Å². The summed E-state index contributed by atoms with van der Waals surface area (Å²) in [6, 6.07) is 11.2. The van der Waals surface area contributed by atoms with Crippen molar-refractivity contribution < 1.29 is 9.18 Å². The fourth-order valence-electron chi connectivity index (χ4n) is 1.88. The van der Waals surface area contributed by atoms with Gasteiger partial charge in [-0.25, -0.2) is 4.39 Å². The van der Waals surface area contributed by atoms with Crippen LogP contribution in [0.1, 0.15) is 21.5 Å². The van der Waals surface area contributed by atoms with Gasteiger partial charge in [0.15, 0.2) is 5.11 Å². The standard InChI is InChI=1S/C16H15FN2OS/c1-10-3-8-14(11(2)9-10)18-16(21)19-15(20)12-4-6-13(17)7-5-12/h3-9H,1-2H3,(H2,18,19,20,21). The van der Waals surface area contributed by atoms with Crippen LogP contribution in [0.2, 0.25) is 0 Å². The third-order valence-electron chi connectivity index (χ3n) is 2.96. The van der Waals surface area contributed by atoms with Gasteiger partial charge in [0.05, 0.1) is 0 Å². The summed E-state index contributed by atoms with van der Waals surface area (Å²) in [6.07, 6.45) is 0. The molecular formula is C16H15FN2OS. The lowest BCUT2D eigenvalue weighted by Crippen LogP contribution is -2.34. The molecule has 0 bridgehead atoms. The molecule has 0 aromatic heterocycles. The third kappa shape index (κ3) is 4.10. The monoisotopic (exact) mass is 302 g/mol. The molecule has 0 aliphatic carbocycles. The van der Waals surface area contributed by atoms with Gasteiger partial charge >= 0.3 is 0 Å². The Morgan fingerprint density at radius 2 is 1.76 bits per heavy atom. The minimum absolute atomic E-state index is 0.205. The van der Waals surface area contributed by atoms with Gasteiger partial charge in [-0.15, -0.1) is 0 Å². The van der Waals surface area contributed by atoms with E-state index in [2.05, 4.69) is 10.6 Å². The maximum atomic E-state index is 12.8. The smallest absolute Gasteiger partial charge is 0.257 e. The molecule has 1 amide bonds. The van der Waals surface area contributed by atoms with Crippen LogP contribution in [-0.2, 0) is 0 Å². The fraction of sp³-hybridized carbons (Fsp3) is 0.125. The van der Waals surface area contributed by atoms with Crippen molar-refractivity contribution in [1.82, 2.24) is 5.32 Å².